The quantitative estimate of drug-likeness (QED) is 0.200. The first-order valence-corrected chi connectivity index (χ1v) is 21.8. The summed E-state index contributed by atoms with van der Waals surface area (Å²) in [7, 11) is -3.91. The highest BCUT2D eigenvalue weighted by atomic mass is 32.2. The molecule has 0 spiro atoms. The van der Waals surface area contributed by atoms with Crippen molar-refractivity contribution in [1.29, 1.82) is 0 Å². The third-order valence-electron chi connectivity index (χ3n) is 11.9. The average Bonchev–Trinajstić information content (AvgIpc) is 3.81. The Bertz CT molecular complexity index is 2370. The number of amides is 4. The standard InChI is InChI=1S/C41H46N6O10S/c48-36-30-21-26(55-37-34-33(28-14-8-9-16-31(28)57-34)43-35(44-37)32-17-10-20-54-32)23-47(30)38(49)29(42-40(51)56-25-12-6-7-13-25)15-5-3-1-2-4-11-24-22-41(24,45-36)39(50)46-58(52,53)27-18-19-27/h4,8-11,14,16-17,20,24-27,29-30H,1-3,5-7,12-13,15,18-19,21-23H2,(H,42,51)(H,45,48)(H,46,50)/b11-4-/t24-,26+,29-,30+,41-/m1/s1. The predicted octanol–water partition coefficient (Wildman–Crippen LogP) is 5.03. The Morgan fingerprint density at radius 1 is 0.948 bits per heavy atom. The van der Waals surface area contributed by atoms with E-state index < -0.39 is 68.7 Å². The maximum absolute atomic E-state index is 14.7. The van der Waals surface area contributed by atoms with E-state index >= 15 is 0 Å². The number of benzene rings is 1. The predicted molar refractivity (Wildman–Crippen MR) is 208 cm³/mol. The van der Waals surface area contributed by atoms with Crippen molar-refractivity contribution in [3.05, 3.63) is 54.8 Å². The first-order valence-electron chi connectivity index (χ1n) is 20.3. The number of carbonyl (C=O) groups excluding carboxylic acids is 4. The normalized spacial score (nSPS) is 27.6. The molecule has 306 valence electrons. The Labute approximate surface area is 334 Å². The molecule has 1 aromatic carbocycles. The van der Waals surface area contributed by atoms with Crippen LogP contribution in [0.25, 0.3) is 33.7 Å². The van der Waals surface area contributed by atoms with Crippen LogP contribution in [0.2, 0.25) is 0 Å². The highest BCUT2D eigenvalue weighted by Crippen LogP contribution is 2.46. The van der Waals surface area contributed by atoms with E-state index in [0.29, 0.717) is 49.0 Å². The lowest BCUT2D eigenvalue weighted by molar-refractivity contribution is -0.141. The molecular formula is C41H46N6O10S. The van der Waals surface area contributed by atoms with Gasteiger partial charge in [-0.05, 0) is 88.5 Å². The van der Waals surface area contributed by atoms with Gasteiger partial charge in [0.1, 0.15) is 40.9 Å². The summed E-state index contributed by atoms with van der Waals surface area (Å²) in [6.07, 6.45) is 11.3. The zero-order chi connectivity index (χ0) is 40.0. The van der Waals surface area contributed by atoms with Crippen LogP contribution >= 0.6 is 0 Å². The van der Waals surface area contributed by atoms with E-state index in [2.05, 4.69) is 20.3 Å². The SMILES string of the molecule is O=C(N[C@@H]1CCCCC/C=C\[C@@H]2C[C@@]2(C(=O)NS(=O)(=O)C2CC2)NC(=O)[C@@H]2C[C@H](Oc3nc(-c4ccco4)nc4c3oc3ccccc34)CN2C1=O)OC1CCCC1. The van der Waals surface area contributed by atoms with Crippen molar-refractivity contribution < 1.29 is 45.9 Å². The number of allylic oxidation sites excluding steroid dienone is 1. The summed E-state index contributed by atoms with van der Waals surface area (Å²) in [5.74, 6) is -1.69. The minimum Gasteiger partial charge on any atom is -0.470 e. The van der Waals surface area contributed by atoms with Crippen LogP contribution in [-0.4, -0.2) is 88.7 Å². The molecule has 16 nitrogen and oxygen atoms in total. The number of rotatable bonds is 8. The van der Waals surface area contributed by atoms with Crippen LogP contribution in [0.1, 0.15) is 83.5 Å². The van der Waals surface area contributed by atoms with E-state index in [0.717, 1.165) is 43.9 Å². The van der Waals surface area contributed by atoms with E-state index in [9.17, 15) is 27.6 Å². The Hall–Kier alpha value is -5.45. The number of furan rings is 2. The number of nitrogens with zero attached hydrogens (tertiary/aromatic N) is 3. The second-order valence-electron chi connectivity index (χ2n) is 16.1. The van der Waals surface area contributed by atoms with Crippen molar-refractivity contribution in [1.82, 2.24) is 30.2 Å². The van der Waals surface area contributed by atoms with Gasteiger partial charge < -0.3 is 33.8 Å². The molecular weight excluding hydrogens is 769 g/mol. The number of ether oxygens (including phenoxy) is 2. The van der Waals surface area contributed by atoms with Gasteiger partial charge in [0.2, 0.25) is 27.4 Å². The van der Waals surface area contributed by atoms with Gasteiger partial charge in [-0.15, -0.1) is 0 Å². The third kappa shape index (κ3) is 7.63. The zero-order valence-corrected chi connectivity index (χ0v) is 32.7. The topological polar surface area (TPSA) is 212 Å². The highest BCUT2D eigenvalue weighted by Gasteiger charge is 2.62. The van der Waals surface area contributed by atoms with Crippen LogP contribution in [0.4, 0.5) is 4.79 Å². The Morgan fingerprint density at radius 2 is 1.76 bits per heavy atom. The molecule has 5 aliphatic rings. The van der Waals surface area contributed by atoms with Crippen molar-refractivity contribution in [2.75, 3.05) is 6.54 Å². The second-order valence-corrected chi connectivity index (χ2v) is 18.1. The number of nitrogens with one attached hydrogen (secondary N) is 3. The van der Waals surface area contributed by atoms with Gasteiger partial charge in [0.25, 0.3) is 11.8 Å². The van der Waals surface area contributed by atoms with Crippen molar-refractivity contribution >= 4 is 55.9 Å². The summed E-state index contributed by atoms with van der Waals surface area (Å²) < 4.78 is 52.1. The molecule has 5 atom stereocenters. The first kappa shape index (κ1) is 38.1. The number of aromatic nitrogens is 2. The average molecular weight is 815 g/mol. The molecule has 17 heteroatoms. The number of hydrogen-bond donors (Lipinski definition) is 3. The molecule has 3 aliphatic carbocycles. The Kier molecular flexibility index (Phi) is 10.1. The van der Waals surface area contributed by atoms with Crippen molar-refractivity contribution in [3.8, 4) is 17.5 Å². The van der Waals surface area contributed by atoms with E-state index in [1.165, 1.54) is 11.2 Å². The van der Waals surface area contributed by atoms with Crippen molar-refractivity contribution in [3.63, 3.8) is 0 Å². The summed E-state index contributed by atoms with van der Waals surface area (Å²) >= 11 is 0. The van der Waals surface area contributed by atoms with E-state index in [4.69, 9.17) is 23.3 Å². The summed E-state index contributed by atoms with van der Waals surface area (Å²) in [5, 5.41) is 5.79. The maximum atomic E-state index is 14.7. The highest BCUT2D eigenvalue weighted by molar-refractivity contribution is 7.91. The Balaban J connectivity index is 1.04. The number of sulfonamides is 1. The van der Waals surface area contributed by atoms with Gasteiger partial charge >= 0.3 is 6.09 Å². The van der Waals surface area contributed by atoms with Gasteiger partial charge in [0, 0.05) is 17.7 Å². The molecule has 58 heavy (non-hydrogen) atoms. The molecule has 3 aromatic heterocycles. The molecule has 0 unspecified atom stereocenters. The molecule has 2 aliphatic heterocycles. The van der Waals surface area contributed by atoms with Crippen LogP contribution in [0.15, 0.2) is 63.6 Å². The summed E-state index contributed by atoms with van der Waals surface area (Å²) in [6, 6.07) is 8.63. The molecule has 1 saturated heterocycles. The van der Waals surface area contributed by atoms with Crippen LogP contribution in [-0.2, 0) is 29.1 Å². The van der Waals surface area contributed by atoms with Gasteiger partial charge in [-0.25, -0.2) is 18.2 Å². The summed E-state index contributed by atoms with van der Waals surface area (Å²) in [4.78, 5) is 67.0. The maximum Gasteiger partial charge on any atom is 0.408 e. The fraction of sp³-hybridized carbons (Fsp3) is 0.512. The smallest absolute Gasteiger partial charge is 0.408 e. The molecule has 3 saturated carbocycles. The van der Waals surface area contributed by atoms with E-state index in [-0.39, 0.29) is 42.8 Å². The molecule has 3 N–H and O–H groups in total. The number of hydrogen-bond acceptors (Lipinski definition) is 12. The van der Waals surface area contributed by atoms with Crippen molar-refractivity contribution in [2.45, 2.75) is 119 Å². The van der Waals surface area contributed by atoms with Gasteiger partial charge in [-0.3, -0.25) is 19.1 Å². The number of carbonyl (C=O) groups is 4. The summed E-state index contributed by atoms with van der Waals surface area (Å²) in [5.41, 5.74) is -0.218. The van der Waals surface area contributed by atoms with Crippen LogP contribution in [0.3, 0.4) is 0 Å². The molecule has 4 fully saturated rings. The number of para-hydroxylation sites is 1. The zero-order valence-electron chi connectivity index (χ0n) is 31.9. The van der Waals surface area contributed by atoms with Gasteiger partial charge in [-0.2, -0.15) is 4.98 Å². The second kappa shape index (κ2) is 15.4. The van der Waals surface area contributed by atoms with Crippen LogP contribution < -0.4 is 20.1 Å². The number of alkyl carbamates (subject to hydrolysis) is 1. The van der Waals surface area contributed by atoms with Gasteiger partial charge in [-0.1, -0.05) is 37.1 Å². The fourth-order valence-electron chi connectivity index (χ4n) is 8.50. The summed E-state index contributed by atoms with van der Waals surface area (Å²) in [6.45, 7) is -0.0762. The van der Waals surface area contributed by atoms with Crippen LogP contribution in [0.5, 0.6) is 5.88 Å². The van der Waals surface area contributed by atoms with Gasteiger partial charge in [0.15, 0.2) is 11.6 Å². The minimum atomic E-state index is -3.91. The lowest BCUT2D eigenvalue weighted by Gasteiger charge is -2.30. The third-order valence-corrected chi connectivity index (χ3v) is 13.7. The van der Waals surface area contributed by atoms with E-state index in [1.807, 2.05) is 30.4 Å². The molecule has 4 aromatic rings. The molecule has 5 heterocycles. The first-order chi connectivity index (χ1) is 28.1. The number of fused-ring (bicyclic) bond motifs is 5. The molecule has 4 amide bonds. The minimum absolute atomic E-state index is 0.0167. The lowest BCUT2D eigenvalue weighted by Crippen LogP contribution is -2.58. The Morgan fingerprint density at radius 3 is 2.55 bits per heavy atom. The lowest BCUT2D eigenvalue weighted by atomic mass is 10.0. The molecule has 0 radical (unpaired) electrons. The van der Waals surface area contributed by atoms with Crippen molar-refractivity contribution in [2.24, 2.45) is 5.92 Å². The molecule has 0 bridgehead atoms. The molecule has 9 rings (SSSR count). The van der Waals surface area contributed by atoms with Gasteiger partial charge in [0.05, 0.1) is 18.1 Å². The largest absolute Gasteiger partial charge is 0.470 e. The monoisotopic (exact) mass is 814 g/mol. The van der Waals surface area contributed by atoms with Crippen LogP contribution in [0, 0.1) is 5.92 Å². The van der Waals surface area contributed by atoms with E-state index in [1.54, 1.807) is 18.2 Å². The fourth-order valence-corrected chi connectivity index (χ4v) is 9.86.